The number of nitrogens with zero attached hydrogens (tertiary/aromatic N) is 1. The second-order valence-electron chi connectivity index (χ2n) is 2.94. The number of nitrogens with two attached hydrogens (primary N) is 1. The van der Waals surface area contributed by atoms with Crippen molar-refractivity contribution >= 4 is 5.91 Å². The average Bonchev–Trinajstić information content (AvgIpc) is 2.54. The van der Waals surface area contributed by atoms with E-state index >= 15 is 0 Å². The summed E-state index contributed by atoms with van der Waals surface area (Å²) < 4.78 is 0. The molecule has 1 unspecified atom stereocenters. The molecule has 12 heavy (non-hydrogen) atoms. The molecular formula is C9H20N2O. The first-order chi connectivity index (χ1) is 5.74. The van der Waals surface area contributed by atoms with E-state index in [1.165, 1.54) is 0 Å². The molecule has 0 aromatic carbocycles. The highest BCUT2D eigenvalue weighted by Crippen LogP contribution is 2.14. The highest BCUT2D eigenvalue weighted by atomic mass is 16.2. The van der Waals surface area contributed by atoms with E-state index in [0.29, 0.717) is 5.92 Å². The minimum atomic E-state index is 0.0874. The molecule has 3 heteroatoms. The van der Waals surface area contributed by atoms with Gasteiger partial charge in [-0.3, -0.25) is 4.79 Å². The van der Waals surface area contributed by atoms with Gasteiger partial charge in [0.2, 0.25) is 5.91 Å². The van der Waals surface area contributed by atoms with E-state index in [1.807, 2.05) is 18.7 Å². The van der Waals surface area contributed by atoms with Crippen LogP contribution in [0, 0.1) is 5.92 Å². The maximum Gasteiger partial charge on any atom is 0.236 e. The summed E-state index contributed by atoms with van der Waals surface area (Å²) in [6.45, 7) is 8.11. The molecule has 0 aromatic rings. The van der Waals surface area contributed by atoms with E-state index in [4.69, 9.17) is 5.73 Å². The van der Waals surface area contributed by atoms with Gasteiger partial charge in [-0.25, -0.2) is 0 Å². The van der Waals surface area contributed by atoms with Crippen molar-refractivity contribution < 1.29 is 4.79 Å². The Balaban J connectivity index is 0.000000561. The van der Waals surface area contributed by atoms with Crippen LogP contribution in [0.3, 0.4) is 0 Å². The summed E-state index contributed by atoms with van der Waals surface area (Å²) >= 11 is 0. The van der Waals surface area contributed by atoms with Gasteiger partial charge in [0.1, 0.15) is 0 Å². The zero-order chi connectivity index (χ0) is 9.56. The quantitative estimate of drug-likeness (QED) is 0.637. The lowest BCUT2D eigenvalue weighted by Gasteiger charge is -2.13. The van der Waals surface area contributed by atoms with Crippen LogP contribution < -0.4 is 5.73 Å². The smallest absolute Gasteiger partial charge is 0.236 e. The molecule has 1 fully saturated rings. The molecule has 0 spiro atoms. The zero-order valence-corrected chi connectivity index (χ0v) is 8.34. The SMILES string of the molecule is CC.CC1CCN(C(=O)CN)C1. The summed E-state index contributed by atoms with van der Waals surface area (Å²) in [4.78, 5) is 12.8. The van der Waals surface area contributed by atoms with Gasteiger partial charge in [-0.2, -0.15) is 0 Å². The maximum absolute atomic E-state index is 11.0. The Morgan fingerprint density at radius 1 is 1.58 bits per heavy atom. The van der Waals surface area contributed by atoms with Crippen LogP contribution in [-0.4, -0.2) is 30.4 Å². The molecule has 72 valence electrons. The van der Waals surface area contributed by atoms with Gasteiger partial charge in [0.15, 0.2) is 0 Å². The Kier molecular flexibility index (Phi) is 5.72. The van der Waals surface area contributed by atoms with Crippen molar-refractivity contribution in [2.45, 2.75) is 27.2 Å². The van der Waals surface area contributed by atoms with E-state index in [2.05, 4.69) is 6.92 Å². The minimum absolute atomic E-state index is 0.0874. The number of carbonyl (C=O) groups is 1. The first kappa shape index (κ1) is 11.4. The summed E-state index contributed by atoms with van der Waals surface area (Å²) in [7, 11) is 0. The summed E-state index contributed by atoms with van der Waals surface area (Å²) in [5, 5.41) is 0. The predicted molar refractivity (Wildman–Crippen MR) is 50.8 cm³/mol. The van der Waals surface area contributed by atoms with Crippen molar-refractivity contribution in [3.63, 3.8) is 0 Å². The molecule has 2 N–H and O–H groups in total. The molecule has 1 aliphatic heterocycles. The highest BCUT2D eigenvalue weighted by Gasteiger charge is 2.21. The molecule has 0 aromatic heterocycles. The summed E-state index contributed by atoms with van der Waals surface area (Å²) in [5.41, 5.74) is 5.21. The van der Waals surface area contributed by atoms with Crippen LogP contribution in [0.25, 0.3) is 0 Å². The van der Waals surface area contributed by atoms with Crippen LogP contribution in [0.5, 0.6) is 0 Å². The lowest BCUT2D eigenvalue weighted by atomic mass is 10.2. The second-order valence-corrected chi connectivity index (χ2v) is 2.94. The number of carbonyl (C=O) groups excluding carboxylic acids is 1. The van der Waals surface area contributed by atoms with Crippen LogP contribution in [-0.2, 0) is 4.79 Å². The third-order valence-corrected chi connectivity index (χ3v) is 1.95. The van der Waals surface area contributed by atoms with Gasteiger partial charge < -0.3 is 10.6 Å². The second kappa shape index (κ2) is 6.00. The molecule has 3 nitrogen and oxygen atoms in total. The maximum atomic E-state index is 11.0. The first-order valence-electron chi connectivity index (χ1n) is 4.72. The Morgan fingerprint density at radius 2 is 2.17 bits per heavy atom. The zero-order valence-electron chi connectivity index (χ0n) is 8.34. The lowest BCUT2D eigenvalue weighted by Crippen LogP contribution is -2.33. The number of amides is 1. The average molecular weight is 172 g/mol. The van der Waals surface area contributed by atoms with Gasteiger partial charge >= 0.3 is 0 Å². The molecule has 1 heterocycles. The van der Waals surface area contributed by atoms with Crippen LogP contribution >= 0.6 is 0 Å². The summed E-state index contributed by atoms with van der Waals surface area (Å²) in [5.74, 6) is 0.750. The lowest BCUT2D eigenvalue weighted by molar-refractivity contribution is -0.128. The van der Waals surface area contributed by atoms with Crippen molar-refractivity contribution in [3.05, 3.63) is 0 Å². The van der Waals surface area contributed by atoms with Gasteiger partial charge in [0.05, 0.1) is 6.54 Å². The number of hydrogen-bond acceptors (Lipinski definition) is 2. The van der Waals surface area contributed by atoms with E-state index in [1.54, 1.807) is 0 Å². The standard InChI is InChI=1S/C7H14N2O.C2H6/c1-6-2-3-9(5-6)7(10)4-8;1-2/h6H,2-5,8H2,1H3;1-2H3. The van der Waals surface area contributed by atoms with Gasteiger partial charge in [0.25, 0.3) is 0 Å². The Morgan fingerprint density at radius 3 is 2.50 bits per heavy atom. The van der Waals surface area contributed by atoms with Crippen LogP contribution in [0.2, 0.25) is 0 Å². The fourth-order valence-corrected chi connectivity index (χ4v) is 1.29. The molecule has 1 saturated heterocycles. The molecule has 1 amide bonds. The number of likely N-dealkylation sites (tertiary alicyclic amines) is 1. The van der Waals surface area contributed by atoms with E-state index in [-0.39, 0.29) is 12.5 Å². The van der Waals surface area contributed by atoms with Crippen LogP contribution in [0.4, 0.5) is 0 Å². The van der Waals surface area contributed by atoms with E-state index in [9.17, 15) is 4.79 Å². The first-order valence-corrected chi connectivity index (χ1v) is 4.72. The summed E-state index contributed by atoms with van der Waals surface area (Å²) in [6.07, 6.45) is 1.13. The van der Waals surface area contributed by atoms with Gasteiger partial charge in [-0.05, 0) is 12.3 Å². The molecule has 0 radical (unpaired) electrons. The Hall–Kier alpha value is -0.570. The monoisotopic (exact) mass is 172 g/mol. The van der Waals surface area contributed by atoms with E-state index in [0.717, 1.165) is 19.5 Å². The van der Waals surface area contributed by atoms with E-state index < -0.39 is 0 Å². The van der Waals surface area contributed by atoms with Crippen molar-refractivity contribution in [1.29, 1.82) is 0 Å². The third-order valence-electron chi connectivity index (χ3n) is 1.95. The number of rotatable bonds is 1. The van der Waals surface area contributed by atoms with Crippen molar-refractivity contribution in [3.8, 4) is 0 Å². The Bertz CT molecular complexity index is 136. The van der Waals surface area contributed by atoms with Crippen molar-refractivity contribution in [2.75, 3.05) is 19.6 Å². The normalized spacial score (nSPS) is 21.7. The van der Waals surface area contributed by atoms with Crippen LogP contribution in [0.1, 0.15) is 27.2 Å². The molecular weight excluding hydrogens is 152 g/mol. The fourth-order valence-electron chi connectivity index (χ4n) is 1.29. The molecule has 1 aliphatic rings. The van der Waals surface area contributed by atoms with Crippen molar-refractivity contribution in [2.24, 2.45) is 11.7 Å². The molecule has 0 aliphatic carbocycles. The largest absolute Gasteiger partial charge is 0.341 e. The Labute approximate surface area is 74.9 Å². The fraction of sp³-hybridized carbons (Fsp3) is 0.889. The van der Waals surface area contributed by atoms with Gasteiger partial charge in [-0.15, -0.1) is 0 Å². The van der Waals surface area contributed by atoms with Gasteiger partial charge in [0, 0.05) is 13.1 Å². The number of hydrogen-bond donors (Lipinski definition) is 1. The van der Waals surface area contributed by atoms with Gasteiger partial charge in [-0.1, -0.05) is 20.8 Å². The van der Waals surface area contributed by atoms with Crippen molar-refractivity contribution in [1.82, 2.24) is 4.90 Å². The summed E-state index contributed by atoms with van der Waals surface area (Å²) in [6, 6.07) is 0. The van der Waals surface area contributed by atoms with Crippen LogP contribution in [0.15, 0.2) is 0 Å². The molecule has 1 atom stereocenters. The topological polar surface area (TPSA) is 46.3 Å². The third kappa shape index (κ3) is 3.22. The predicted octanol–water partition coefficient (Wildman–Crippen LogP) is 0.840. The minimum Gasteiger partial charge on any atom is -0.341 e. The molecule has 0 bridgehead atoms. The molecule has 0 saturated carbocycles. The highest BCUT2D eigenvalue weighted by molar-refractivity contribution is 5.78. The molecule has 1 rings (SSSR count).